The molecule has 1 aromatic rings. The van der Waals surface area contributed by atoms with Gasteiger partial charge in [-0.15, -0.1) is 0 Å². The predicted molar refractivity (Wildman–Crippen MR) is 120 cm³/mol. The van der Waals surface area contributed by atoms with E-state index in [9.17, 15) is 0 Å². The van der Waals surface area contributed by atoms with Gasteiger partial charge in [0.2, 0.25) is 0 Å². The summed E-state index contributed by atoms with van der Waals surface area (Å²) in [6.45, 7) is 14.6. The summed E-state index contributed by atoms with van der Waals surface area (Å²) in [5, 5.41) is 3.27. The van der Waals surface area contributed by atoms with Gasteiger partial charge in [0, 0.05) is 24.4 Å². The molecule has 154 valence electrons. The van der Waals surface area contributed by atoms with E-state index in [0.717, 1.165) is 38.1 Å². The molecule has 3 nitrogen and oxygen atoms in total. The van der Waals surface area contributed by atoms with Crippen LogP contribution in [-0.4, -0.2) is 30.3 Å². The largest absolute Gasteiger partial charge is 0.375 e. The van der Waals surface area contributed by atoms with E-state index < -0.39 is 0 Å². The molecule has 1 aromatic heterocycles. The predicted octanol–water partition coefficient (Wildman–Crippen LogP) is 5.96. The average molecular weight is 383 g/mol. The van der Waals surface area contributed by atoms with Crippen LogP contribution in [0.3, 0.4) is 0 Å². The topological polar surface area (TPSA) is 34.1 Å². The Morgan fingerprint density at radius 2 is 2.14 bits per heavy atom. The van der Waals surface area contributed by atoms with Gasteiger partial charge in [-0.2, -0.15) is 0 Å². The Morgan fingerprint density at radius 1 is 1.36 bits per heavy atom. The third-order valence-electron chi connectivity index (χ3n) is 5.65. The Hall–Kier alpha value is -1.71. The number of nitrogens with one attached hydrogen (secondary N) is 1. The molecule has 1 N–H and O–H groups in total. The summed E-state index contributed by atoms with van der Waals surface area (Å²) in [4.78, 5) is 4.50. The van der Waals surface area contributed by atoms with Crippen molar-refractivity contribution in [2.24, 2.45) is 0 Å². The van der Waals surface area contributed by atoms with Gasteiger partial charge in [0.25, 0.3) is 0 Å². The highest BCUT2D eigenvalue weighted by molar-refractivity contribution is 5.26. The second kappa shape index (κ2) is 12.0. The lowest BCUT2D eigenvalue weighted by Crippen LogP contribution is -2.36. The lowest BCUT2D eigenvalue weighted by Gasteiger charge is -2.38. The van der Waals surface area contributed by atoms with E-state index in [2.05, 4.69) is 48.6 Å². The van der Waals surface area contributed by atoms with Crippen molar-refractivity contribution in [3.63, 3.8) is 0 Å². The molecule has 3 heteroatoms. The summed E-state index contributed by atoms with van der Waals surface area (Å²) >= 11 is 0. The lowest BCUT2D eigenvalue weighted by molar-refractivity contribution is -0.0809. The third-order valence-corrected chi connectivity index (χ3v) is 5.65. The van der Waals surface area contributed by atoms with Crippen LogP contribution in [0.4, 0.5) is 0 Å². The molecule has 1 atom stereocenters. The van der Waals surface area contributed by atoms with E-state index >= 15 is 0 Å². The monoisotopic (exact) mass is 382 g/mol. The van der Waals surface area contributed by atoms with Crippen molar-refractivity contribution in [2.75, 3.05) is 19.7 Å². The molecule has 3 rings (SSSR count). The van der Waals surface area contributed by atoms with Gasteiger partial charge in [-0.05, 0) is 69.8 Å². The van der Waals surface area contributed by atoms with Crippen LogP contribution >= 0.6 is 0 Å². The molecule has 0 bridgehead atoms. The molecular formula is C25H38N2O. The van der Waals surface area contributed by atoms with Crippen molar-refractivity contribution in [3.05, 3.63) is 66.5 Å². The Kier molecular flexibility index (Phi) is 9.66. The first-order valence-electron chi connectivity index (χ1n) is 10.8. The summed E-state index contributed by atoms with van der Waals surface area (Å²) in [5.74, 6) is 0.619. The van der Waals surface area contributed by atoms with Crippen molar-refractivity contribution in [1.29, 1.82) is 0 Å². The molecule has 2 fully saturated rings. The molecule has 1 spiro atoms. The zero-order valence-electron chi connectivity index (χ0n) is 17.9. The van der Waals surface area contributed by atoms with Gasteiger partial charge in [0.05, 0.1) is 5.60 Å². The van der Waals surface area contributed by atoms with Crippen LogP contribution in [0.15, 0.2) is 60.9 Å². The number of ether oxygens (including phenoxy) is 1. The highest BCUT2D eigenvalue weighted by Crippen LogP contribution is 2.44. The minimum atomic E-state index is 0.209. The van der Waals surface area contributed by atoms with E-state index in [4.69, 9.17) is 4.74 Å². The van der Waals surface area contributed by atoms with E-state index in [-0.39, 0.29) is 5.60 Å². The Bertz CT molecular complexity index is 629. The second-order valence-electron chi connectivity index (χ2n) is 8.06. The summed E-state index contributed by atoms with van der Waals surface area (Å²) in [5.41, 5.74) is 3.81. The molecule has 0 aromatic carbocycles. The van der Waals surface area contributed by atoms with Gasteiger partial charge in [-0.1, -0.05) is 56.7 Å². The van der Waals surface area contributed by atoms with Gasteiger partial charge >= 0.3 is 0 Å². The summed E-state index contributed by atoms with van der Waals surface area (Å²) in [7, 11) is 0. The molecule has 1 saturated carbocycles. The normalized spacial score (nSPS) is 21.1. The van der Waals surface area contributed by atoms with Crippen LogP contribution < -0.4 is 5.32 Å². The quantitative estimate of drug-likeness (QED) is 0.466. The number of aromatic nitrogens is 1. The smallest absolute Gasteiger partial charge is 0.0689 e. The van der Waals surface area contributed by atoms with Gasteiger partial charge in [0.15, 0.2) is 0 Å². The molecule has 1 aliphatic heterocycles. The second-order valence-corrected chi connectivity index (χ2v) is 8.06. The Labute approximate surface area is 172 Å². The molecule has 1 saturated heterocycles. The van der Waals surface area contributed by atoms with Crippen molar-refractivity contribution < 1.29 is 4.74 Å². The number of hydrogen-bond donors (Lipinski definition) is 1. The molecule has 2 heterocycles. The first-order valence-corrected chi connectivity index (χ1v) is 10.8. The molecule has 0 amide bonds. The van der Waals surface area contributed by atoms with Crippen LogP contribution in [-0.2, 0) is 4.74 Å². The van der Waals surface area contributed by atoms with Gasteiger partial charge in [0.1, 0.15) is 0 Å². The number of hydrogen-bond acceptors (Lipinski definition) is 3. The van der Waals surface area contributed by atoms with Crippen LogP contribution in [0, 0.1) is 0 Å². The van der Waals surface area contributed by atoms with Crippen LogP contribution in [0.25, 0.3) is 0 Å². The maximum atomic E-state index is 6.05. The third kappa shape index (κ3) is 7.37. The van der Waals surface area contributed by atoms with Crippen molar-refractivity contribution in [2.45, 2.75) is 70.3 Å². The van der Waals surface area contributed by atoms with Crippen LogP contribution in [0.2, 0.25) is 0 Å². The van der Waals surface area contributed by atoms with E-state index in [1.807, 2.05) is 25.3 Å². The summed E-state index contributed by atoms with van der Waals surface area (Å²) in [6, 6.07) is 6.26. The number of nitrogens with zero attached hydrogens (tertiary/aromatic N) is 1. The zero-order chi connectivity index (χ0) is 20.2. The fourth-order valence-electron chi connectivity index (χ4n) is 4.22. The number of pyridine rings is 1. The van der Waals surface area contributed by atoms with E-state index in [0.29, 0.717) is 5.92 Å². The maximum Gasteiger partial charge on any atom is 0.0689 e. The zero-order valence-corrected chi connectivity index (χ0v) is 17.9. The average Bonchev–Trinajstić information content (AvgIpc) is 3.15. The van der Waals surface area contributed by atoms with Gasteiger partial charge in [-0.3, -0.25) is 4.98 Å². The van der Waals surface area contributed by atoms with E-state index in [1.54, 1.807) is 0 Å². The summed E-state index contributed by atoms with van der Waals surface area (Å²) < 4.78 is 6.05. The lowest BCUT2D eigenvalue weighted by atomic mass is 9.83. The van der Waals surface area contributed by atoms with Crippen LogP contribution in [0.5, 0.6) is 0 Å². The minimum Gasteiger partial charge on any atom is -0.375 e. The van der Waals surface area contributed by atoms with Gasteiger partial charge in [-0.25, -0.2) is 0 Å². The number of allylic oxidation sites excluding steroid dienone is 3. The van der Waals surface area contributed by atoms with Crippen molar-refractivity contribution in [1.82, 2.24) is 10.3 Å². The minimum absolute atomic E-state index is 0.209. The fraction of sp³-hybridized carbons (Fsp3) is 0.560. The highest BCUT2D eigenvalue weighted by atomic mass is 16.5. The molecule has 0 radical (unpaired) electrons. The maximum absolute atomic E-state index is 6.05. The molecular weight excluding hydrogens is 344 g/mol. The standard InChI is InChI=1S/C14H19NO.C11H19N/c1-4-9-15-13(5-1)12-6-10-16-14(11-12)7-2-3-8-14;1-5-11(9-10(3)4)7-8-12-6-2/h1,4-5,9,12H,2-3,6-8,10-11H2;5,9,12H,1,3,6-8H2,2,4H3/b;11-9+. The Balaban J connectivity index is 0.000000211. The molecule has 28 heavy (non-hydrogen) atoms. The van der Waals surface area contributed by atoms with Crippen LogP contribution in [0.1, 0.15) is 70.4 Å². The summed E-state index contributed by atoms with van der Waals surface area (Å²) in [6.07, 6.45) is 14.4. The first kappa shape index (κ1) is 22.6. The molecule has 2 aliphatic rings. The van der Waals surface area contributed by atoms with Crippen molar-refractivity contribution in [3.8, 4) is 0 Å². The Morgan fingerprint density at radius 3 is 2.75 bits per heavy atom. The van der Waals surface area contributed by atoms with E-state index in [1.165, 1.54) is 43.4 Å². The molecule has 1 unspecified atom stereocenters. The highest BCUT2D eigenvalue weighted by Gasteiger charge is 2.40. The van der Waals surface area contributed by atoms with Gasteiger partial charge < -0.3 is 10.1 Å². The molecule has 1 aliphatic carbocycles. The number of rotatable bonds is 7. The SMILES string of the molecule is C=C/C(=C\C(=C)C)CCNCC.c1ccc(C2CCOC3(CCCC3)C2)nc1. The fourth-order valence-corrected chi connectivity index (χ4v) is 4.22. The van der Waals surface area contributed by atoms with Crippen molar-refractivity contribution >= 4 is 0 Å². The first-order chi connectivity index (χ1) is 13.6.